The number of nitro benzene ring substituents is 1. The number of nitro groups is 1. The first kappa shape index (κ1) is 27.9. The van der Waals surface area contributed by atoms with Crippen LogP contribution in [0.5, 0.6) is 0 Å². The fraction of sp³-hybridized carbons (Fsp3) is 0.182. The number of pyridine rings is 1. The Morgan fingerprint density at radius 3 is 2.60 bits per heavy atom. The summed E-state index contributed by atoms with van der Waals surface area (Å²) in [5.74, 6) is 1.98. The average Bonchev–Trinajstić information content (AvgIpc) is 3.81. The number of nitrogens with zero attached hydrogens (tertiary/aromatic N) is 7. The summed E-state index contributed by atoms with van der Waals surface area (Å²) in [5.41, 5.74) is 4.63. The van der Waals surface area contributed by atoms with Crippen molar-refractivity contribution in [3.63, 3.8) is 0 Å². The van der Waals surface area contributed by atoms with Crippen molar-refractivity contribution in [2.45, 2.75) is 39.3 Å². The van der Waals surface area contributed by atoms with E-state index >= 15 is 0 Å². The molecule has 7 aromatic rings. The number of furan rings is 1. The van der Waals surface area contributed by atoms with E-state index in [9.17, 15) is 14.9 Å². The number of aromatic amines is 1. The highest BCUT2D eigenvalue weighted by molar-refractivity contribution is 5.87. The molecule has 0 saturated carbocycles. The Labute approximate surface area is 256 Å². The minimum Gasteiger partial charge on any atom is -0.456 e. The Morgan fingerprint density at radius 2 is 1.80 bits per heavy atom. The Bertz CT molecular complexity index is 2230. The number of aryl methyl sites for hydroxylation is 1. The summed E-state index contributed by atoms with van der Waals surface area (Å²) in [6.07, 6.45) is 4.30. The normalized spacial score (nSPS) is 11.5. The van der Waals surface area contributed by atoms with E-state index in [-0.39, 0.29) is 17.8 Å². The Morgan fingerprint density at radius 1 is 0.978 bits per heavy atom. The van der Waals surface area contributed by atoms with Crippen LogP contribution in [0.4, 0.5) is 5.69 Å². The number of aromatic nitrogens is 7. The monoisotopic (exact) mass is 600 g/mol. The molecular weight excluding hydrogens is 572 g/mol. The maximum Gasteiger partial charge on any atom is 0.277 e. The number of nitrogens with one attached hydrogen (secondary N) is 1. The van der Waals surface area contributed by atoms with E-state index in [0.29, 0.717) is 34.7 Å². The van der Waals surface area contributed by atoms with Gasteiger partial charge in [-0.2, -0.15) is 5.21 Å². The second-order valence-electron chi connectivity index (χ2n) is 10.9. The molecule has 0 fully saturated rings. The lowest BCUT2D eigenvalue weighted by Crippen LogP contribution is -2.23. The predicted molar refractivity (Wildman–Crippen MR) is 169 cm³/mol. The average molecular weight is 601 g/mol. The van der Waals surface area contributed by atoms with Crippen LogP contribution >= 0.6 is 0 Å². The van der Waals surface area contributed by atoms with Crippen LogP contribution in [-0.4, -0.2) is 39.7 Å². The molecule has 4 aromatic heterocycles. The summed E-state index contributed by atoms with van der Waals surface area (Å²) in [6, 6.07) is 24.0. The lowest BCUT2D eigenvalue weighted by Gasteiger charge is -2.11. The van der Waals surface area contributed by atoms with Crippen LogP contribution in [0.2, 0.25) is 0 Å². The molecule has 0 aliphatic heterocycles. The molecular formula is C33H28N8O4. The molecule has 7 rings (SSSR count). The van der Waals surface area contributed by atoms with E-state index in [0.717, 1.165) is 52.7 Å². The first-order chi connectivity index (χ1) is 22.0. The topological polar surface area (TPSA) is 151 Å². The number of H-pyrrole nitrogens is 1. The largest absolute Gasteiger partial charge is 0.456 e. The molecule has 45 heavy (non-hydrogen) atoms. The summed E-state index contributed by atoms with van der Waals surface area (Å²) in [6.45, 7) is 2.63. The molecule has 0 atom stereocenters. The Kier molecular flexibility index (Phi) is 7.22. The molecule has 0 saturated heterocycles. The summed E-state index contributed by atoms with van der Waals surface area (Å²) >= 11 is 0. The van der Waals surface area contributed by atoms with Crippen molar-refractivity contribution in [2.75, 3.05) is 0 Å². The molecule has 224 valence electrons. The third-order valence-electron chi connectivity index (χ3n) is 7.93. The van der Waals surface area contributed by atoms with Crippen molar-refractivity contribution >= 4 is 27.7 Å². The summed E-state index contributed by atoms with van der Waals surface area (Å²) in [5, 5.41) is 27.0. The minimum absolute atomic E-state index is 0.0191. The zero-order valence-electron chi connectivity index (χ0n) is 24.4. The lowest BCUT2D eigenvalue weighted by molar-refractivity contribution is -0.385. The van der Waals surface area contributed by atoms with Crippen LogP contribution < -0.4 is 5.56 Å². The van der Waals surface area contributed by atoms with Crippen LogP contribution in [0.1, 0.15) is 36.7 Å². The van der Waals surface area contributed by atoms with Crippen LogP contribution in [-0.2, 0) is 19.5 Å². The van der Waals surface area contributed by atoms with Crippen molar-refractivity contribution < 1.29 is 9.34 Å². The van der Waals surface area contributed by atoms with Gasteiger partial charge in [-0.05, 0) is 41.5 Å². The van der Waals surface area contributed by atoms with Crippen molar-refractivity contribution in [2.24, 2.45) is 0 Å². The fourth-order valence-electron chi connectivity index (χ4n) is 5.73. The van der Waals surface area contributed by atoms with Gasteiger partial charge in [0.15, 0.2) is 0 Å². The van der Waals surface area contributed by atoms with Crippen molar-refractivity contribution in [1.29, 1.82) is 0 Å². The van der Waals surface area contributed by atoms with Crippen LogP contribution in [0.15, 0.2) is 94.3 Å². The number of fused-ring (bicyclic) bond motifs is 2. The quantitative estimate of drug-likeness (QED) is 0.145. The Balaban J connectivity index is 1.27. The van der Waals surface area contributed by atoms with Gasteiger partial charge in [0.05, 0.1) is 17.0 Å². The number of unbranched alkanes of at least 4 members (excludes halogenated alkanes) is 1. The van der Waals surface area contributed by atoms with Gasteiger partial charge in [0.1, 0.15) is 22.7 Å². The first-order valence-electron chi connectivity index (χ1n) is 14.7. The van der Waals surface area contributed by atoms with Gasteiger partial charge in [-0.3, -0.25) is 14.9 Å². The third-order valence-corrected chi connectivity index (χ3v) is 7.93. The molecule has 0 bridgehead atoms. The fourth-order valence-corrected chi connectivity index (χ4v) is 5.73. The minimum atomic E-state index is -0.423. The van der Waals surface area contributed by atoms with Crippen molar-refractivity contribution in [3.05, 3.63) is 122 Å². The number of hydrogen-bond acceptors (Lipinski definition) is 8. The van der Waals surface area contributed by atoms with Gasteiger partial charge in [0.2, 0.25) is 5.82 Å². The molecule has 3 aromatic carbocycles. The number of benzene rings is 3. The van der Waals surface area contributed by atoms with Gasteiger partial charge in [-0.1, -0.05) is 61.9 Å². The maximum absolute atomic E-state index is 13.9. The maximum atomic E-state index is 13.9. The molecule has 0 aliphatic rings. The number of imidazole rings is 1. The standard InChI is InChI=1S/C33H28N8O4/c1-2-3-12-30-34-26-15-16-39(20-22-8-4-7-11-27(22)41(43)44)33(42)31(26)40(30)19-21-13-14-28-23(17-21)18-29(45-28)24-9-5-6-10-25(24)32-35-37-38-36-32/h4-11,13-18H,2-3,12,19-20H2,1H3,(H,35,36,37,38). The van der Waals surface area contributed by atoms with E-state index in [1.54, 1.807) is 24.4 Å². The molecule has 0 spiro atoms. The van der Waals surface area contributed by atoms with Crippen LogP contribution in [0, 0.1) is 10.1 Å². The highest BCUT2D eigenvalue weighted by atomic mass is 16.6. The summed E-state index contributed by atoms with van der Waals surface area (Å²) in [4.78, 5) is 29.9. The van der Waals surface area contributed by atoms with Gasteiger partial charge in [-0.15, -0.1) is 10.2 Å². The van der Waals surface area contributed by atoms with Crippen molar-refractivity contribution in [3.8, 4) is 22.7 Å². The molecule has 12 nitrogen and oxygen atoms in total. The highest BCUT2D eigenvalue weighted by Crippen LogP contribution is 2.34. The van der Waals surface area contributed by atoms with Gasteiger partial charge in [0.25, 0.3) is 11.2 Å². The van der Waals surface area contributed by atoms with Gasteiger partial charge < -0.3 is 13.6 Å². The van der Waals surface area contributed by atoms with E-state index in [4.69, 9.17) is 9.40 Å². The van der Waals surface area contributed by atoms with Crippen LogP contribution in [0.25, 0.3) is 44.7 Å². The first-order valence-corrected chi connectivity index (χ1v) is 14.7. The van der Waals surface area contributed by atoms with E-state index in [1.165, 1.54) is 10.6 Å². The highest BCUT2D eigenvalue weighted by Gasteiger charge is 2.19. The zero-order chi connectivity index (χ0) is 30.9. The lowest BCUT2D eigenvalue weighted by atomic mass is 10.0. The molecule has 12 heteroatoms. The molecule has 0 unspecified atom stereocenters. The van der Waals surface area contributed by atoms with E-state index in [2.05, 4.69) is 33.6 Å². The van der Waals surface area contributed by atoms with Crippen molar-refractivity contribution in [1.82, 2.24) is 34.7 Å². The second-order valence-corrected chi connectivity index (χ2v) is 10.9. The summed E-state index contributed by atoms with van der Waals surface area (Å²) < 4.78 is 9.74. The smallest absolute Gasteiger partial charge is 0.277 e. The molecule has 1 N–H and O–H groups in total. The zero-order valence-corrected chi connectivity index (χ0v) is 24.4. The molecule has 0 amide bonds. The number of hydrogen-bond donors (Lipinski definition) is 1. The predicted octanol–water partition coefficient (Wildman–Crippen LogP) is 6.14. The van der Waals surface area contributed by atoms with Crippen LogP contribution in [0.3, 0.4) is 0 Å². The van der Waals surface area contributed by atoms with E-state index in [1.807, 2.05) is 53.1 Å². The third kappa shape index (κ3) is 5.26. The number of para-hydroxylation sites is 1. The van der Waals surface area contributed by atoms with Gasteiger partial charge in [-0.25, -0.2) is 4.98 Å². The number of rotatable bonds is 10. The molecule has 4 heterocycles. The van der Waals surface area contributed by atoms with Gasteiger partial charge in [0, 0.05) is 47.3 Å². The SMILES string of the molecule is CCCCc1nc2ccn(Cc3ccccc3[N+](=O)[O-])c(=O)c2n1Cc1ccc2oc(-c3ccccc3-c3nn[nH]n3)cc2c1. The van der Waals surface area contributed by atoms with Gasteiger partial charge >= 0.3 is 0 Å². The molecule has 0 radical (unpaired) electrons. The number of tetrazole rings is 1. The summed E-state index contributed by atoms with van der Waals surface area (Å²) in [7, 11) is 0. The second kappa shape index (κ2) is 11.6. The Hall–Kier alpha value is -5.91. The molecule has 0 aliphatic carbocycles. The van der Waals surface area contributed by atoms with E-state index < -0.39 is 4.92 Å².